The molecule has 0 N–H and O–H groups in total. The van der Waals surface area contributed by atoms with Gasteiger partial charge >= 0.3 is 6.09 Å². The Kier molecular flexibility index (Phi) is 4.50. The van der Waals surface area contributed by atoms with Crippen LogP contribution in [0.2, 0.25) is 0 Å². The molecule has 0 spiro atoms. The van der Waals surface area contributed by atoms with Crippen LogP contribution in [0.5, 0.6) is 0 Å². The summed E-state index contributed by atoms with van der Waals surface area (Å²) in [5.41, 5.74) is 0.996. The third kappa shape index (κ3) is 3.63. The van der Waals surface area contributed by atoms with Crippen molar-refractivity contribution in [3.05, 3.63) is 23.9 Å². The van der Waals surface area contributed by atoms with Gasteiger partial charge in [0.25, 0.3) is 0 Å². The van der Waals surface area contributed by atoms with Gasteiger partial charge in [0, 0.05) is 25.7 Å². The zero-order chi connectivity index (χ0) is 16.4. The summed E-state index contributed by atoms with van der Waals surface area (Å²) in [7, 11) is 0. The minimum Gasteiger partial charge on any atom is -0.444 e. The van der Waals surface area contributed by atoms with Crippen LogP contribution < -0.4 is 4.90 Å². The molecule has 0 bridgehead atoms. The van der Waals surface area contributed by atoms with Gasteiger partial charge in [0.05, 0.1) is 6.54 Å². The highest BCUT2D eigenvalue weighted by molar-refractivity contribution is 5.88. The van der Waals surface area contributed by atoms with E-state index >= 15 is 0 Å². The van der Waals surface area contributed by atoms with Gasteiger partial charge in [-0.25, -0.2) is 9.78 Å². The van der Waals surface area contributed by atoms with Gasteiger partial charge < -0.3 is 9.64 Å². The number of aromatic nitrogens is 1. The van der Waals surface area contributed by atoms with Crippen LogP contribution in [0.1, 0.15) is 32.4 Å². The Labute approximate surface area is 136 Å². The number of carbonyl (C=O) groups excluding carboxylic acids is 2. The Hall–Kier alpha value is -2.11. The highest BCUT2D eigenvalue weighted by atomic mass is 16.6. The molecule has 3 heterocycles. The van der Waals surface area contributed by atoms with Crippen molar-refractivity contribution in [1.29, 1.82) is 0 Å². The van der Waals surface area contributed by atoms with Gasteiger partial charge in [-0.1, -0.05) is 6.07 Å². The van der Waals surface area contributed by atoms with Crippen LogP contribution in [0.25, 0.3) is 0 Å². The first-order chi connectivity index (χ1) is 11.0. The third-order valence-corrected chi connectivity index (χ3v) is 4.59. The summed E-state index contributed by atoms with van der Waals surface area (Å²) in [6.07, 6.45) is 2.49. The first-order valence-corrected chi connectivity index (χ1v) is 8.22. The number of ether oxygens (including phenoxy) is 1. The highest BCUT2D eigenvalue weighted by Gasteiger charge is 2.30. The van der Waals surface area contributed by atoms with Gasteiger partial charge in [0.1, 0.15) is 11.9 Å². The largest absolute Gasteiger partial charge is 0.444 e. The fourth-order valence-corrected chi connectivity index (χ4v) is 3.27. The van der Waals surface area contributed by atoms with E-state index in [0.29, 0.717) is 18.3 Å². The SMILES string of the molecule is CC(=O)N1CCC(Cc2cccc(N3C[C@@H](C)OC3=O)n2)CC1. The fraction of sp³-hybridized carbons (Fsp3) is 0.588. The summed E-state index contributed by atoms with van der Waals surface area (Å²) >= 11 is 0. The number of piperidine rings is 1. The van der Waals surface area contributed by atoms with Crippen molar-refractivity contribution in [3.63, 3.8) is 0 Å². The number of hydrogen-bond donors (Lipinski definition) is 0. The van der Waals surface area contributed by atoms with Gasteiger partial charge in [-0.2, -0.15) is 0 Å². The fourth-order valence-electron chi connectivity index (χ4n) is 3.27. The van der Waals surface area contributed by atoms with Crippen molar-refractivity contribution in [2.45, 2.75) is 39.2 Å². The molecule has 1 atom stereocenters. The van der Waals surface area contributed by atoms with E-state index in [1.54, 1.807) is 11.8 Å². The first-order valence-electron chi connectivity index (χ1n) is 8.22. The number of pyridine rings is 1. The number of cyclic esters (lactones) is 1. The molecule has 2 saturated heterocycles. The molecular formula is C17H23N3O3. The van der Waals surface area contributed by atoms with E-state index in [4.69, 9.17) is 4.74 Å². The lowest BCUT2D eigenvalue weighted by molar-refractivity contribution is -0.130. The standard InChI is InChI=1S/C17H23N3O3/c1-12-11-20(17(22)23-12)16-5-3-4-15(18-16)10-14-6-8-19(9-7-14)13(2)21/h3-5,12,14H,6-11H2,1-2H3/t12-/m1/s1. The number of carbonyl (C=O) groups is 2. The van der Waals surface area contributed by atoms with E-state index in [1.165, 1.54) is 0 Å². The predicted octanol–water partition coefficient (Wildman–Crippen LogP) is 2.23. The summed E-state index contributed by atoms with van der Waals surface area (Å²) in [6.45, 7) is 5.71. The van der Waals surface area contributed by atoms with E-state index in [9.17, 15) is 9.59 Å². The third-order valence-electron chi connectivity index (χ3n) is 4.59. The summed E-state index contributed by atoms with van der Waals surface area (Å²) in [5.74, 6) is 1.36. The second-order valence-electron chi connectivity index (χ2n) is 6.45. The molecule has 23 heavy (non-hydrogen) atoms. The molecule has 2 aliphatic heterocycles. The van der Waals surface area contributed by atoms with Gasteiger partial charge in [-0.15, -0.1) is 0 Å². The number of rotatable bonds is 3. The molecule has 0 saturated carbocycles. The maximum absolute atomic E-state index is 11.8. The zero-order valence-electron chi connectivity index (χ0n) is 13.7. The van der Waals surface area contributed by atoms with Crippen LogP contribution in [0, 0.1) is 5.92 Å². The Morgan fingerprint density at radius 3 is 2.70 bits per heavy atom. The van der Waals surface area contributed by atoms with Gasteiger partial charge in [-0.3, -0.25) is 9.69 Å². The lowest BCUT2D eigenvalue weighted by Crippen LogP contribution is -2.37. The number of anilines is 1. The van der Waals surface area contributed by atoms with Crippen LogP contribution in [0.3, 0.4) is 0 Å². The number of amides is 2. The van der Waals surface area contributed by atoms with Crippen molar-refractivity contribution in [2.75, 3.05) is 24.5 Å². The summed E-state index contributed by atoms with van der Waals surface area (Å²) in [5, 5.41) is 0. The van der Waals surface area contributed by atoms with Crippen LogP contribution >= 0.6 is 0 Å². The van der Waals surface area contributed by atoms with Gasteiger partial charge in [-0.05, 0) is 44.2 Å². The van der Waals surface area contributed by atoms with Crippen molar-refractivity contribution >= 4 is 17.8 Å². The second-order valence-corrected chi connectivity index (χ2v) is 6.45. The summed E-state index contributed by atoms with van der Waals surface area (Å²) in [6, 6.07) is 5.80. The molecule has 0 unspecified atom stereocenters. The Balaban J connectivity index is 1.62. The van der Waals surface area contributed by atoms with Crippen molar-refractivity contribution in [3.8, 4) is 0 Å². The number of likely N-dealkylation sites (tertiary alicyclic amines) is 1. The summed E-state index contributed by atoms with van der Waals surface area (Å²) < 4.78 is 5.16. The van der Waals surface area contributed by atoms with Crippen molar-refractivity contribution in [1.82, 2.24) is 9.88 Å². The van der Waals surface area contributed by atoms with Gasteiger partial charge in [0.2, 0.25) is 5.91 Å². The van der Waals surface area contributed by atoms with E-state index in [0.717, 1.165) is 38.0 Å². The van der Waals surface area contributed by atoms with E-state index in [-0.39, 0.29) is 18.1 Å². The normalized spacial score (nSPS) is 22.3. The molecule has 2 aliphatic rings. The molecule has 2 amide bonds. The van der Waals surface area contributed by atoms with Crippen LogP contribution in [0.15, 0.2) is 18.2 Å². The Bertz CT molecular complexity index is 597. The predicted molar refractivity (Wildman–Crippen MR) is 86.2 cm³/mol. The van der Waals surface area contributed by atoms with Crippen molar-refractivity contribution in [2.24, 2.45) is 5.92 Å². The topological polar surface area (TPSA) is 62.7 Å². The molecular weight excluding hydrogens is 294 g/mol. The average Bonchev–Trinajstić information content (AvgIpc) is 2.87. The maximum atomic E-state index is 11.8. The minimum atomic E-state index is -0.322. The molecule has 1 aromatic rings. The van der Waals surface area contributed by atoms with Crippen LogP contribution in [0.4, 0.5) is 10.6 Å². The highest BCUT2D eigenvalue weighted by Crippen LogP contribution is 2.24. The average molecular weight is 317 g/mol. The summed E-state index contributed by atoms with van der Waals surface area (Å²) in [4.78, 5) is 31.3. The Morgan fingerprint density at radius 1 is 1.35 bits per heavy atom. The Morgan fingerprint density at radius 2 is 2.09 bits per heavy atom. The van der Waals surface area contributed by atoms with Crippen LogP contribution in [-0.4, -0.2) is 47.6 Å². The molecule has 6 heteroatoms. The number of nitrogens with zero attached hydrogens (tertiary/aromatic N) is 3. The first kappa shape index (κ1) is 15.8. The molecule has 3 rings (SSSR count). The second kappa shape index (κ2) is 6.56. The smallest absolute Gasteiger partial charge is 0.415 e. The lowest BCUT2D eigenvalue weighted by atomic mass is 9.92. The van der Waals surface area contributed by atoms with Crippen LogP contribution in [-0.2, 0) is 16.0 Å². The molecule has 0 radical (unpaired) electrons. The quantitative estimate of drug-likeness (QED) is 0.857. The van der Waals surface area contributed by atoms with Gasteiger partial charge in [0.15, 0.2) is 0 Å². The van der Waals surface area contributed by atoms with E-state index < -0.39 is 0 Å². The van der Waals surface area contributed by atoms with Crippen molar-refractivity contribution < 1.29 is 14.3 Å². The maximum Gasteiger partial charge on any atom is 0.415 e. The van der Waals surface area contributed by atoms with E-state index in [1.807, 2.05) is 30.0 Å². The lowest BCUT2D eigenvalue weighted by Gasteiger charge is -2.31. The minimum absolute atomic E-state index is 0.0936. The molecule has 6 nitrogen and oxygen atoms in total. The number of hydrogen-bond acceptors (Lipinski definition) is 4. The van der Waals surface area contributed by atoms with E-state index in [2.05, 4.69) is 4.98 Å². The zero-order valence-corrected chi connectivity index (χ0v) is 13.7. The molecule has 0 aliphatic carbocycles. The molecule has 0 aromatic carbocycles. The molecule has 124 valence electrons. The molecule has 1 aromatic heterocycles. The molecule has 2 fully saturated rings. The monoisotopic (exact) mass is 317 g/mol.